The molecular formula is C23H26FN5O3. The SMILES string of the molecule is CC(C)(C)OC(=O)N1CCC(NC(=O)c2n[nH]c3ccc(-c4ccnc(F)c4)cc23)CC1. The molecule has 1 saturated heterocycles. The van der Waals surface area contributed by atoms with Gasteiger partial charge < -0.3 is 15.0 Å². The third-order valence-electron chi connectivity index (χ3n) is 5.32. The molecule has 1 aliphatic rings. The second-order valence-corrected chi connectivity index (χ2v) is 8.91. The smallest absolute Gasteiger partial charge is 0.410 e. The van der Waals surface area contributed by atoms with Gasteiger partial charge in [-0.05, 0) is 62.9 Å². The Morgan fingerprint density at radius 2 is 1.88 bits per heavy atom. The molecule has 0 atom stereocenters. The van der Waals surface area contributed by atoms with Crippen molar-refractivity contribution >= 4 is 22.9 Å². The van der Waals surface area contributed by atoms with Gasteiger partial charge in [-0.25, -0.2) is 9.78 Å². The van der Waals surface area contributed by atoms with Gasteiger partial charge in [0.1, 0.15) is 5.60 Å². The normalized spacial score (nSPS) is 15.1. The molecular weight excluding hydrogens is 413 g/mol. The van der Waals surface area contributed by atoms with Crippen LogP contribution in [-0.4, -0.2) is 56.8 Å². The predicted octanol–water partition coefficient (Wildman–Crippen LogP) is 3.89. The van der Waals surface area contributed by atoms with Crippen LogP contribution in [0.5, 0.6) is 0 Å². The van der Waals surface area contributed by atoms with Crippen LogP contribution in [0.1, 0.15) is 44.1 Å². The summed E-state index contributed by atoms with van der Waals surface area (Å²) in [6.07, 6.45) is 2.34. The Hall–Kier alpha value is -3.49. The van der Waals surface area contributed by atoms with E-state index >= 15 is 0 Å². The van der Waals surface area contributed by atoms with Crippen molar-refractivity contribution < 1.29 is 18.7 Å². The molecule has 168 valence electrons. The Balaban J connectivity index is 1.43. The van der Waals surface area contributed by atoms with Crippen LogP contribution >= 0.6 is 0 Å². The van der Waals surface area contributed by atoms with Gasteiger partial charge in [-0.1, -0.05) is 6.07 Å². The van der Waals surface area contributed by atoms with E-state index in [1.54, 1.807) is 11.0 Å². The molecule has 1 aliphatic heterocycles. The van der Waals surface area contributed by atoms with Crippen molar-refractivity contribution in [2.24, 2.45) is 0 Å². The first-order chi connectivity index (χ1) is 15.2. The van der Waals surface area contributed by atoms with E-state index in [0.717, 1.165) is 5.56 Å². The average molecular weight is 439 g/mol. The minimum atomic E-state index is -0.564. The fraction of sp³-hybridized carbons (Fsp3) is 0.391. The number of piperidine rings is 1. The lowest BCUT2D eigenvalue weighted by atomic mass is 10.0. The van der Waals surface area contributed by atoms with Gasteiger partial charge in [-0.2, -0.15) is 9.49 Å². The molecule has 2 N–H and O–H groups in total. The molecule has 1 aromatic carbocycles. The number of fused-ring (bicyclic) bond motifs is 1. The van der Waals surface area contributed by atoms with E-state index in [0.29, 0.717) is 42.4 Å². The number of carbonyl (C=O) groups excluding carboxylic acids is 2. The van der Waals surface area contributed by atoms with Crippen LogP contribution in [0.3, 0.4) is 0 Å². The topological polar surface area (TPSA) is 100 Å². The molecule has 0 radical (unpaired) electrons. The summed E-state index contributed by atoms with van der Waals surface area (Å²) in [6.45, 7) is 6.53. The van der Waals surface area contributed by atoms with Crippen LogP contribution in [0, 0.1) is 5.95 Å². The van der Waals surface area contributed by atoms with Crippen molar-refractivity contribution in [1.82, 2.24) is 25.4 Å². The first-order valence-corrected chi connectivity index (χ1v) is 10.6. The third kappa shape index (κ3) is 4.87. The first kappa shape index (κ1) is 21.7. The minimum Gasteiger partial charge on any atom is -0.444 e. The van der Waals surface area contributed by atoms with E-state index in [-0.39, 0.29) is 23.7 Å². The molecule has 0 saturated carbocycles. The second kappa shape index (κ2) is 8.57. The molecule has 3 heterocycles. The van der Waals surface area contributed by atoms with Gasteiger partial charge in [0.05, 0.1) is 5.52 Å². The number of nitrogens with one attached hydrogen (secondary N) is 2. The van der Waals surface area contributed by atoms with Crippen LogP contribution in [0.15, 0.2) is 36.5 Å². The number of hydrogen-bond donors (Lipinski definition) is 2. The summed E-state index contributed by atoms with van der Waals surface area (Å²) < 4.78 is 18.9. The monoisotopic (exact) mass is 439 g/mol. The number of H-pyrrole nitrogens is 1. The van der Waals surface area contributed by atoms with Crippen molar-refractivity contribution in [2.45, 2.75) is 45.3 Å². The molecule has 2 amide bonds. The van der Waals surface area contributed by atoms with Gasteiger partial charge in [0.25, 0.3) is 5.91 Å². The molecule has 3 aromatic rings. The van der Waals surface area contributed by atoms with Crippen molar-refractivity contribution in [3.8, 4) is 11.1 Å². The van der Waals surface area contributed by atoms with E-state index in [1.165, 1.54) is 12.3 Å². The van der Waals surface area contributed by atoms with Crippen molar-refractivity contribution in [2.75, 3.05) is 13.1 Å². The number of amides is 2. The zero-order chi connectivity index (χ0) is 22.9. The number of carbonyl (C=O) groups is 2. The van der Waals surface area contributed by atoms with E-state index in [9.17, 15) is 14.0 Å². The number of aromatic nitrogens is 3. The summed E-state index contributed by atoms with van der Waals surface area (Å²) in [6, 6.07) is 8.45. The summed E-state index contributed by atoms with van der Waals surface area (Å²) in [5.41, 5.74) is 1.89. The molecule has 32 heavy (non-hydrogen) atoms. The highest BCUT2D eigenvalue weighted by Gasteiger charge is 2.28. The molecule has 4 rings (SSSR count). The Bertz CT molecular complexity index is 1150. The summed E-state index contributed by atoms with van der Waals surface area (Å²) in [4.78, 5) is 30.4. The lowest BCUT2D eigenvalue weighted by molar-refractivity contribution is 0.0199. The number of nitrogens with zero attached hydrogens (tertiary/aromatic N) is 3. The Morgan fingerprint density at radius 3 is 2.56 bits per heavy atom. The first-order valence-electron chi connectivity index (χ1n) is 10.6. The largest absolute Gasteiger partial charge is 0.444 e. The molecule has 0 spiro atoms. The molecule has 0 aliphatic carbocycles. The van der Waals surface area contributed by atoms with Gasteiger partial charge in [0.2, 0.25) is 5.95 Å². The van der Waals surface area contributed by atoms with Gasteiger partial charge in [0, 0.05) is 36.8 Å². The lowest BCUT2D eigenvalue weighted by Crippen LogP contribution is -2.47. The highest BCUT2D eigenvalue weighted by atomic mass is 19.1. The van der Waals surface area contributed by atoms with Crippen LogP contribution in [0.2, 0.25) is 0 Å². The maximum atomic E-state index is 13.5. The highest BCUT2D eigenvalue weighted by molar-refractivity contribution is 6.05. The number of hydrogen-bond acceptors (Lipinski definition) is 5. The average Bonchev–Trinajstić information content (AvgIpc) is 3.16. The van der Waals surface area contributed by atoms with Gasteiger partial charge in [-0.3, -0.25) is 9.89 Å². The second-order valence-electron chi connectivity index (χ2n) is 8.91. The number of benzene rings is 1. The zero-order valence-corrected chi connectivity index (χ0v) is 18.3. The van der Waals surface area contributed by atoms with Crippen molar-refractivity contribution in [3.05, 3.63) is 48.2 Å². The maximum Gasteiger partial charge on any atom is 0.410 e. The number of ether oxygens (including phenoxy) is 1. The number of rotatable bonds is 3. The maximum absolute atomic E-state index is 13.5. The highest BCUT2D eigenvalue weighted by Crippen LogP contribution is 2.26. The Labute approximate surface area is 185 Å². The van der Waals surface area contributed by atoms with E-state index in [2.05, 4.69) is 20.5 Å². The molecule has 8 nitrogen and oxygen atoms in total. The fourth-order valence-electron chi connectivity index (χ4n) is 3.74. The Kier molecular flexibility index (Phi) is 5.82. The third-order valence-corrected chi connectivity index (χ3v) is 5.32. The predicted molar refractivity (Wildman–Crippen MR) is 118 cm³/mol. The van der Waals surface area contributed by atoms with E-state index in [4.69, 9.17) is 4.74 Å². The van der Waals surface area contributed by atoms with Gasteiger partial charge >= 0.3 is 6.09 Å². The molecule has 0 unspecified atom stereocenters. The summed E-state index contributed by atoms with van der Waals surface area (Å²) in [7, 11) is 0. The number of likely N-dealkylation sites (tertiary alicyclic amines) is 1. The summed E-state index contributed by atoms with van der Waals surface area (Å²) >= 11 is 0. The molecule has 9 heteroatoms. The van der Waals surface area contributed by atoms with Crippen LogP contribution in [0.25, 0.3) is 22.0 Å². The number of pyridine rings is 1. The van der Waals surface area contributed by atoms with E-state index in [1.807, 2.05) is 39.0 Å². The lowest BCUT2D eigenvalue weighted by Gasteiger charge is -2.33. The molecule has 2 aromatic heterocycles. The summed E-state index contributed by atoms with van der Waals surface area (Å²) in [5.74, 6) is -0.851. The zero-order valence-electron chi connectivity index (χ0n) is 18.3. The fourth-order valence-corrected chi connectivity index (χ4v) is 3.74. The van der Waals surface area contributed by atoms with Crippen LogP contribution < -0.4 is 5.32 Å². The number of aromatic amines is 1. The quantitative estimate of drug-likeness (QED) is 0.603. The van der Waals surface area contributed by atoms with Crippen molar-refractivity contribution in [3.63, 3.8) is 0 Å². The summed E-state index contributed by atoms with van der Waals surface area (Å²) in [5, 5.41) is 10.7. The Morgan fingerprint density at radius 1 is 1.16 bits per heavy atom. The van der Waals surface area contributed by atoms with E-state index < -0.39 is 11.5 Å². The minimum absolute atomic E-state index is 0.0644. The van der Waals surface area contributed by atoms with Gasteiger partial charge in [-0.15, -0.1) is 0 Å². The number of halogens is 1. The van der Waals surface area contributed by atoms with Crippen molar-refractivity contribution in [1.29, 1.82) is 0 Å². The standard InChI is InChI=1S/C23H26FN5O3/c1-23(2,3)32-22(31)29-10-7-16(8-11-29)26-21(30)20-17-12-14(4-5-18(17)27-28-20)15-6-9-25-19(24)13-15/h4-6,9,12-13,16H,7-8,10-11H2,1-3H3,(H,26,30)(H,27,28). The van der Waals surface area contributed by atoms with Gasteiger partial charge in [0.15, 0.2) is 5.69 Å². The molecule has 0 bridgehead atoms. The van der Waals surface area contributed by atoms with Crippen LogP contribution in [-0.2, 0) is 4.74 Å². The molecule has 1 fully saturated rings. The van der Waals surface area contributed by atoms with Crippen LogP contribution in [0.4, 0.5) is 9.18 Å².